The van der Waals surface area contributed by atoms with Crippen LogP contribution in [0, 0.1) is 0 Å². The first kappa shape index (κ1) is 23.0. The minimum Gasteiger partial charge on any atom is -0.445 e. The lowest BCUT2D eigenvalue weighted by molar-refractivity contribution is 0.0369. The van der Waals surface area contributed by atoms with Crippen LogP contribution in [-0.2, 0) is 20.8 Å². The fourth-order valence-electron chi connectivity index (χ4n) is 3.50. The van der Waals surface area contributed by atoms with Crippen molar-refractivity contribution in [3.8, 4) is 0 Å². The van der Waals surface area contributed by atoms with Gasteiger partial charge >= 0.3 is 12.2 Å². The first-order chi connectivity index (χ1) is 13.7. The molecule has 1 aliphatic rings. The standard InChI is InChI=1S/C22H34N2O5/c1-21(2,3)29-20(26)24-22(14-15-27-4)12-10-18(11-13-22)23-19(25)28-16-17-8-6-5-7-9-17/h5-9,18H,10-16H2,1-4H3,(H,23,25)(H,24,26). The van der Waals surface area contributed by atoms with E-state index in [0.717, 1.165) is 31.2 Å². The Morgan fingerprint density at radius 1 is 1.10 bits per heavy atom. The molecule has 0 atom stereocenters. The second-order valence-corrected chi connectivity index (χ2v) is 8.63. The lowest BCUT2D eigenvalue weighted by Gasteiger charge is -2.41. The number of amides is 2. The number of hydrogen-bond donors (Lipinski definition) is 2. The van der Waals surface area contributed by atoms with Crippen LogP contribution in [0.5, 0.6) is 0 Å². The van der Waals surface area contributed by atoms with Gasteiger partial charge in [-0.05, 0) is 58.4 Å². The molecule has 162 valence electrons. The van der Waals surface area contributed by atoms with Gasteiger partial charge in [-0.1, -0.05) is 30.3 Å². The summed E-state index contributed by atoms with van der Waals surface area (Å²) in [5.41, 5.74) is 0.0181. The van der Waals surface area contributed by atoms with Crippen LogP contribution in [0.4, 0.5) is 9.59 Å². The second-order valence-electron chi connectivity index (χ2n) is 8.63. The SMILES string of the molecule is COCCC1(NC(=O)OC(C)(C)C)CCC(NC(=O)OCc2ccccc2)CC1. The van der Waals surface area contributed by atoms with E-state index in [1.807, 2.05) is 51.1 Å². The quantitative estimate of drug-likeness (QED) is 0.710. The van der Waals surface area contributed by atoms with E-state index in [0.29, 0.717) is 13.0 Å². The molecule has 2 N–H and O–H groups in total. The lowest BCUT2D eigenvalue weighted by atomic mass is 9.77. The third-order valence-electron chi connectivity index (χ3n) is 5.03. The van der Waals surface area contributed by atoms with E-state index in [2.05, 4.69) is 10.6 Å². The molecule has 1 aromatic carbocycles. The normalized spacial score (nSPS) is 21.9. The topological polar surface area (TPSA) is 85.9 Å². The molecular formula is C22H34N2O5. The molecule has 1 saturated carbocycles. The molecule has 0 saturated heterocycles. The largest absolute Gasteiger partial charge is 0.445 e. The van der Waals surface area contributed by atoms with Gasteiger partial charge in [-0.25, -0.2) is 9.59 Å². The van der Waals surface area contributed by atoms with Crippen LogP contribution in [0.1, 0.15) is 58.4 Å². The first-order valence-corrected chi connectivity index (χ1v) is 10.2. The molecule has 2 amide bonds. The second kappa shape index (κ2) is 10.5. The predicted octanol–water partition coefficient (Wildman–Crippen LogP) is 4.16. The summed E-state index contributed by atoms with van der Waals surface area (Å²) >= 11 is 0. The average molecular weight is 407 g/mol. The molecule has 2 rings (SSSR count). The maximum Gasteiger partial charge on any atom is 0.408 e. The van der Waals surface area contributed by atoms with Crippen molar-refractivity contribution in [3.63, 3.8) is 0 Å². The van der Waals surface area contributed by atoms with E-state index in [1.54, 1.807) is 7.11 Å². The summed E-state index contributed by atoms with van der Waals surface area (Å²) in [4.78, 5) is 24.4. The highest BCUT2D eigenvalue weighted by Crippen LogP contribution is 2.32. The van der Waals surface area contributed by atoms with E-state index >= 15 is 0 Å². The van der Waals surface area contributed by atoms with Crippen molar-refractivity contribution in [1.82, 2.24) is 10.6 Å². The van der Waals surface area contributed by atoms with Gasteiger partial charge in [0.15, 0.2) is 0 Å². The van der Waals surface area contributed by atoms with E-state index in [4.69, 9.17) is 14.2 Å². The van der Waals surface area contributed by atoms with E-state index < -0.39 is 17.8 Å². The van der Waals surface area contributed by atoms with Crippen LogP contribution in [0.15, 0.2) is 30.3 Å². The van der Waals surface area contributed by atoms with Crippen LogP contribution in [0.25, 0.3) is 0 Å². The van der Waals surface area contributed by atoms with Crippen molar-refractivity contribution in [2.75, 3.05) is 13.7 Å². The molecule has 0 aliphatic heterocycles. The van der Waals surface area contributed by atoms with Crippen LogP contribution < -0.4 is 10.6 Å². The number of benzene rings is 1. The van der Waals surface area contributed by atoms with Gasteiger partial charge in [-0.3, -0.25) is 0 Å². The zero-order valence-corrected chi connectivity index (χ0v) is 18.0. The molecule has 1 aromatic rings. The summed E-state index contributed by atoms with van der Waals surface area (Å²) in [6, 6.07) is 9.60. The van der Waals surface area contributed by atoms with Gasteiger partial charge in [0.2, 0.25) is 0 Å². The Balaban J connectivity index is 1.83. The molecule has 0 aromatic heterocycles. The predicted molar refractivity (Wildman–Crippen MR) is 111 cm³/mol. The number of nitrogens with one attached hydrogen (secondary N) is 2. The van der Waals surface area contributed by atoms with Crippen molar-refractivity contribution >= 4 is 12.2 Å². The minimum absolute atomic E-state index is 0.0226. The summed E-state index contributed by atoms with van der Waals surface area (Å²) in [7, 11) is 1.65. The van der Waals surface area contributed by atoms with Gasteiger partial charge in [0.1, 0.15) is 12.2 Å². The molecule has 0 unspecified atom stereocenters. The van der Waals surface area contributed by atoms with Crippen LogP contribution in [0.3, 0.4) is 0 Å². The van der Waals surface area contributed by atoms with Crippen molar-refractivity contribution < 1.29 is 23.8 Å². The minimum atomic E-state index is -0.548. The Labute approximate surface area is 173 Å². The summed E-state index contributed by atoms with van der Waals surface area (Å²) < 4.78 is 16.0. The maximum atomic E-state index is 12.3. The summed E-state index contributed by atoms with van der Waals surface area (Å²) in [6.07, 6.45) is 2.84. The molecule has 1 fully saturated rings. The van der Waals surface area contributed by atoms with E-state index in [1.165, 1.54) is 0 Å². The highest BCUT2D eigenvalue weighted by molar-refractivity contribution is 5.69. The Kier molecular flexibility index (Phi) is 8.32. The zero-order chi connectivity index (χ0) is 21.3. The molecule has 1 aliphatic carbocycles. The number of hydrogen-bond acceptors (Lipinski definition) is 5. The molecule has 7 nitrogen and oxygen atoms in total. The van der Waals surface area contributed by atoms with Gasteiger partial charge in [-0.2, -0.15) is 0 Å². The van der Waals surface area contributed by atoms with Crippen molar-refractivity contribution in [2.45, 2.75) is 76.7 Å². The van der Waals surface area contributed by atoms with Gasteiger partial charge in [0.05, 0.1) is 0 Å². The van der Waals surface area contributed by atoms with Crippen molar-refractivity contribution in [3.05, 3.63) is 35.9 Å². The van der Waals surface area contributed by atoms with Gasteiger partial charge in [0, 0.05) is 25.3 Å². The smallest absolute Gasteiger partial charge is 0.408 e. The van der Waals surface area contributed by atoms with E-state index in [9.17, 15) is 9.59 Å². The van der Waals surface area contributed by atoms with Crippen molar-refractivity contribution in [2.24, 2.45) is 0 Å². The summed E-state index contributed by atoms with van der Waals surface area (Å²) in [6.45, 7) is 6.33. The first-order valence-electron chi connectivity index (χ1n) is 10.2. The fourth-order valence-corrected chi connectivity index (χ4v) is 3.50. The highest BCUT2D eigenvalue weighted by atomic mass is 16.6. The Morgan fingerprint density at radius 2 is 1.76 bits per heavy atom. The van der Waals surface area contributed by atoms with Crippen LogP contribution in [0.2, 0.25) is 0 Å². The summed E-state index contributed by atoms with van der Waals surface area (Å²) in [5, 5.41) is 6.00. The monoisotopic (exact) mass is 406 g/mol. The molecule has 0 radical (unpaired) electrons. The fraction of sp³-hybridized carbons (Fsp3) is 0.636. The molecular weight excluding hydrogens is 372 g/mol. The Bertz CT molecular complexity index is 649. The lowest BCUT2D eigenvalue weighted by Crippen LogP contribution is -2.54. The third-order valence-corrected chi connectivity index (χ3v) is 5.03. The number of carbonyl (C=O) groups excluding carboxylic acids is 2. The van der Waals surface area contributed by atoms with Crippen LogP contribution in [-0.4, -0.2) is 43.1 Å². The zero-order valence-electron chi connectivity index (χ0n) is 18.0. The molecule has 0 heterocycles. The number of rotatable bonds is 7. The Morgan fingerprint density at radius 3 is 2.34 bits per heavy atom. The van der Waals surface area contributed by atoms with E-state index in [-0.39, 0.29) is 18.2 Å². The average Bonchev–Trinajstić information content (AvgIpc) is 2.66. The molecule has 7 heteroatoms. The summed E-state index contributed by atoms with van der Waals surface area (Å²) in [5.74, 6) is 0. The molecule has 29 heavy (non-hydrogen) atoms. The molecule has 0 spiro atoms. The van der Waals surface area contributed by atoms with Crippen molar-refractivity contribution in [1.29, 1.82) is 0 Å². The number of carbonyl (C=O) groups is 2. The number of alkyl carbamates (subject to hydrolysis) is 2. The Hall–Kier alpha value is -2.28. The maximum absolute atomic E-state index is 12.3. The number of ether oxygens (including phenoxy) is 3. The highest BCUT2D eigenvalue weighted by Gasteiger charge is 2.38. The number of methoxy groups -OCH3 is 1. The van der Waals surface area contributed by atoms with Gasteiger partial charge in [-0.15, -0.1) is 0 Å². The van der Waals surface area contributed by atoms with Gasteiger partial charge in [0.25, 0.3) is 0 Å². The van der Waals surface area contributed by atoms with Crippen LogP contribution >= 0.6 is 0 Å². The molecule has 0 bridgehead atoms. The van der Waals surface area contributed by atoms with Gasteiger partial charge < -0.3 is 24.8 Å². The third kappa shape index (κ3) is 8.31.